The summed E-state index contributed by atoms with van der Waals surface area (Å²) in [5, 5.41) is 0. The summed E-state index contributed by atoms with van der Waals surface area (Å²) in [5.74, 6) is 1.92. The quantitative estimate of drug-likeness (QED) is 0.748. The molecule has 29 heavy (non-hydrogen) atoms. The monoisotopic (exact) mass is 398 g/mol. The molecule has 2 saturated heterocycles. The third kappa shape index (κ3) is 3.81. The Bertz CT molecular complexity index is 879. The van der Waals surface area contributed by atoms with E-state index < -0.39 is 0 Å². The van der Waals surface area contributed by atoms with E-state index >= 15 is 0 Å². The van der Waals surface area contributed by atoms with Crippen molar-refractivity contribution in [2.24, 2.45) is 5.92 Å². The Kier molecular flexibility index (Phi) is 5.47. The van der Waals surface area contributed by atoms with Crippen LogP contribution in [0, 0.1) is 5.92 Å². The van der Waals surface area contributed by atoms with Crippen LogP contribution >= 0.6 is 0 Å². The summed E-state index contributed by atoms with van der Waals surface area (Å²) in [6.07, 6.45) is 3.63. The van der Waals surface area contributed by atoms with Crippen molar-refractivity contribution in [2.45, 2.75) is 31.8 Å². The molecule has 2 atom stereocenters. The van der Waals surface area contributed by atoms with Gasteiger partial charge in [0.2, 0.25) is 11.8 Å². The van der Waals surface area contributed by atoms with Gasteiger partial charge >= 0.3 is 0 Å². The Labute approximate surface area is 170 Å². The first kappa shape index (κ1) is 19.4. The molecule has 2 fully saturated rings. The van der Waals surface area contributed by atoms with Crippen LogP contribution in [-0.4, -0.2) is 48.9 Å². The minimum Gasteiger partial charge on any atom is -0.497 e. The molecule has 3 heterocycles. The van der Waals surface area contributed by atoms with E-state index in [1.165, 1.54) is 0 Å². The molecule has 1 aromatic carbocycles. The number of hydrogen-bond acceptors (Lipinski definition) is 5. The van der Waals surface area contributed by atoms with Crippen LogP contribution in [0.15, 0.2) is 41.0 Å². The van der Waals surface area contributed by atoms with Gasteiger partial charge in [-0.3, -0.25) is 9.59 Å². The summed E-state index contributed by atoms with van der Waals surface area (Å²) < 4.78 is 16.3. The van der Waals surface area contributed by atoms with E-state index in [9.17, 15) is 9.59 Å². The summed E-state index contributed by atoms with van der Waals surface area (Å²) in [5.41, 5.74) is 0.953. The van der Waals surface area contributed by atoms with Crippen molar-refractivity contribution in [1.82, 2.24) is 9.80 Å². The highest BCUT2D eigenvalue weighted by molar-refractivity contribution is 5.89. The molecule has 4 rings (SSSR count). The van der Waals surface area contributed by atoms with Gasteiger partial charge in [0.05, 0.1) is 39.0 Å². The van der Waals surface area contributed by atoms with Crippen molar-refractivity contribution >= 4 is 11.8 Å². The fourth-order valence-electron chi connectivity index (χ4n) is 4.37. The molecular formula is C22H26N2O5. The second-order valence-electron chi connectivity index (χ2n) is 7.55. The minimum absolute atomic E-state index is 0.00513. The molecule has 7 nitrogen and oxygen atoms in total. The van der Waals surface area contributed by atoms with Crippen LogP contribution in [-0.2, 0) is 16.1 Å². The number of benzene rings is 1. The average molecular weight is 398 g/mol. The Morgan fingerprint density at radius 1 is 1.24 bits per heavy atom. The molecule has 154 valence electrons. The Morgan fingerprint density at radius 2 is 2.10 bits per heavy atom. The number of likely N-dealkylation sites (tertiary alicyclic amines) is 2. The van der Waals surface area contributed by atoms with E-state index in [-0.39, 0.29) is 30.2 Å². The summed E-state index contributed by atoms with van der Waals surface area (Å²) >= 11 is 0. The van der Waals surface area contributed by atoms with E-state index in [0.717, 1.165) is 35.7 Å². The molecule has 2 aromatic rings. The van der Waals surface area contributed by atoms with Crippen LogP contribution in [0.4, 0.5) is 0 Å². The maximum absolute atomic E-state index is 13.3. The first-order chi connectivity index (χ1) is 14.1. The third-order valence-corrected chi connectivity index (χ3v) is 5.82. The van der Waals surface area contributed by atoms with Gasteiger partial charge in [-0.05, 0) is 43.2 Å². The molecule has 0 radical (unpaired) electrons. The number of carbonyl (C=O) groups excluding carboxylic acids is 2. The van der Waals surface area contributed by atoms with E-state index in [2.05, 4.69) is 0 Å². The number of carbonyl (C=O) groups is 2. The fraction of sp³-hybridized carbons (Fsp3) is 0.455. The average Bonchev–Trinajstić information content (AvgIpc) is 3.49. The summed E-state index contributed by atoms with van der Waals surface area (Å²) in [4.78, 5) is 29.4. The van der Waals surface area contributed by atoms with Gasteiger partial charge in [-0.25, -0.2) is 0 Å². The lowest BCUT2D eigenvalue weighted by Crippen LogP contribution is -2.37. The van der Waals surface area contributed by atoms with Crippen LogP contribution in [0.5, 0.6) is 11.5 Å². The Hall–Kier alpha value is -2.96. The number of amides is 2. The van der Waals surface area contributed by atoms with E-state index in [4.69, 9.17) is 13.9 Å². The molecule has 0 N–H and O–H groups in total. The maximum Gasteiger partial charge on any atom is 0.228 e. The summed E-state index contributed by atoms with van der Waals surface area (Å²) in [6.45, 7) is 1.52. The standard InChI is InChI=1S/C22H26N2O5/c1-27-16-7-8-20(28-2)18(12-16)19-6-3-9-24(19)22(26)15-11-21(25)23(13-15)14-17-5-4-10-29-17/h4-5,7-8,10,12,15,19H,3,6,9,11,13-14H2,1-2H3. The van der Waals surface area contributed by atoms with Gasteiger partial charge in [0.1, 0.15) is 17.3 Å². The predicted molar refractivity (Wildman–Crippen MR) is 105 cm³/mol. The number of methoxy groups -OCH3 is 2. The molecule has 2 unspecified atom stereocenters. The smallest absolute Gasteiger partial charge is 0.228 e. The zero-order valence-corrected chi connectivity index (χ0v) is 16.8. The number of nitrogens with zero attached hydrogens (tertiary/aromatic N) is 2. The number of ether oxygens (including phenoxy) is 2. The van der Waals surface area contributed by atoms with Crippen LogP contribution in [0.2, 0.25) is 0 Å². The SMILES string of the molecule is COc1ccc(OC)c(C2CCCN2C(=O)C2CC(=O)N(Cc3ccco3)C2)c1. The van der Waals surface area contributed by atoms with Gasteiger partial charge in [0.15, 0.2) is 0 Å². The van der Waals surface area contributed by atoms with Crippen molar-refractivity contribution < 1.29 is 23.5 Å². The highest BCUT2D eigenvalue weighted by Crippen LogP contribution is 2.40. The molecule has 1 aromatic heterocycles. The fourth-order valence-corrected chi connectivity index (χ4v) is 4.37. The van der Waals surface area contributed by atoms with Crippen LogP contribution in [0.3, 0.4) is 0 Å². The number of rotatable bonds is 6. The molecule has 0 aliphatic carbocycles. The van der Waals surface area contributed by atoms with Gasteiger partial charge in [-0.2, -0.15) is 0 Å². The molecule has 2 amide bonds. The summed E-state index contributed by atoms with van der Waals surface area (Å²) in [7, 11) is 3.26. The third-order valence-electron chi connectivity index (χ3n) is 5.82. The van der Waals surface area contributed by atoms with Crippen molar-refractivity contribution in [3.8, 4) is 11.5 Å². The lowest BCUT2D eigenvalue weighted by Gasteiger charge is -2.29. The largest absolute Gasteiger partial charge is 0.497 e. The van der Waals surface area contributed by atoms with Gasteiger partial charge in [0, 0.05) is 25.1 Å². The number of hydrogen-bond donors (Lipinski definition) is 0. The normalized spacial score (nSPS) is 21.7. The Balaban J connectivity index is 1.50. The van der Waals surface area contributed by atoms with Crippen molar-refractivity contribution in [2.75, 3.05) is 27.3 Å². The van der Waals surface area contributed by atoms with Crippen molar-refractivity contribution in [1.29, 1.82) is 0 Å². The van der Waals surface area contributed by atoms with Gasteiger partial charge in [0.25, 0.3) is 0 Å². The van der Waals surface area contributed by atoms with Gasteiger partial charge in [-0.15, -0.1) is 0 Å². The highest BCUT2D eigenvalue weighted by Gasteiger charge is 2.41. The van der Waals surface area contributed by atoms with Crippen LogP contribution in [0.1, 0.15) is 36.6 Å². The second-order valence-corrected chi connectivity index (χ2v) is 7.55. The minimum atomic E-state index is -0.324. The predicted octanol–water partition coefficient (Wildman–Crippen LogP) is 3.01. The van der Waals surface area contributed by atoms with Crippen LogP contribution in [0.25, 0.3) is 0 Å². The first-order valence-electron chi connectivity index (χ1n) is 9.93. The van der Waals surface area contributed by atoms with Crippen LogP contribution < -0.4 is 9.47 Å². The first-order valence-corrected chi connectivity index (χ1v) is 9.93. The molecule has 0 saturated carbocycles. The second kappa shape index (κ2) is 8.19. The summed E-state index contributed by atoms with van der Waals surface area (Å²) in [6, 6.07) is 9.24. The molecule has 0 bridgehead atoms. The molecule has 2 aliphatic rings. The highest BCUT2D eigenvalue weighted by atomic mass is 16.5. The zero-order chi connectivity index (χ0) is 20.4. The number of furan rings is 1. The maximum atomic E-state index is 13.3. The van der Waals surface area contributed by atoms with Gasteiger partial charge < -0.3 is 23.7 Å². The Morgan fingerprint density at radius 3 is 2.83 bits per heavy atom. The topological polar surface area (TPSA) is 72.2 Å². The molecule has 2 aliphatic heterocycles. The van der Waals surface area contributed by atoms with Gasteiger partial charge in [-0.1, -0.05) is 0 Å². The molecule has 7 heteroatoms. The molecular weight excluding hydrogens is 372 g/mol. The lowest BCUT2D eigenvalue weighted by atomic mass is 10.0. The van der Waals surface area contributed by atoms with E-state index in [1.54, 1.807) is 31.4 Å². The van der Waals surface area contributed by atoms with Crippen molar-refractivity contribution in [3.63, 3.8) is 0 Å². The van der Waals surface area contributed by atoms with E-state index in [0.29, 0.717) is 19.6 Å². The van der Waals surface area contributed by atoms with E-state index in [1.807, 2.05) is 29.2 Å². The molecule has 0 spiro atoms. The lowest BCUT2D eigenvalue weighted by molar-refractivity contribution is -0.136. The zero-order valence-electron chi connectivity index (χ0n) is 16.8. The van der Waals surface area contributed by atoms with Crippen molar-refractivity contribution in [3.05, 3.63) is 47.9 Å².